The standard InChI is InChI=1S/C30H25Cl2N3S/c1-19-10-12-20(13-11-19)26-18-35-28(29(36)33-22-7-3-2-4-8-22)27(21-14-15-24(31)25(32)17-21)23-9-5-6-16-34(26)30(23)35/h2-4,7-8,10-15,17-18H,5-6,9,16H2,1H3,(H,33,36). The molecule has 0 amide bonds. The van der Waals surface area contributed by atoms with Crippen LogP contribution in [0.2, 0.25) is 10.0 Å². The van der Waals surface area contributed by atoms with Crippen molar-refractivity contribution in [1.82, 2.24) is 8.97 Å². The summed E-state index contributed by atoms with van der Waals surface area (Å²) in [6, 6.07) is 24.7. The number of rotatable bonds is 4. The molecule has 0 fully saturated rings. The highest BCUT2D eigenvalue weighted by Gasteiger charge is 2.28. The molecule has 3 heterocycles. The molecule has 0 saturated carbocycles. The minimum Gasteiger partial charge on any atom is -0.345 e. The van der Waals surface area contributed by atoms with Crippen molar-refractivity contribution >= 4 is 51.7 Å². The van der Waals surface area contributed by atoms with Gasteiger partial charge in [0.15, 0.2) is 0 Å². The number of para-hydroxylation sites is 1. The zero-order chi connectivity index (χ0) is 24.8. The smallest absolute Gasteiger partial charge is 0.128 e. The number of thiocarbonyl (C=S) groups is 1. The van der Waals surface area contributed by atoms with Crippen molar-refractivity contribution in [2.24, 2.45) is 0 Å². The molecule has 0 spiro atoms. The number of nitrogens with one attached hydrogen (secondary N) is 1. The molecule has 6 heteroatoms. The maximum Gasteiger partial charge on any atom is 0.128 e. The van der Waals surface area contributed by atoms with Gasteiger partial charge < -0.3 is 9.88 Å². The van der Waals surface area contributed by atoms with Gasteiger partial charge >= 0.3 is 0 Å². The van der Waals surface area contributed by atoms with Crippen LogP contribution in [-0.4, -0.2) is 14.0 Å². The fourth-order valence-electron chi connectivity index (χ4n) is 5.24. The Kier molecular flexibility index (Phi) is 6.12. The van der Waals surface area contributed by atoms with Gasteiger partial charge in [-0.15, -0.1) is 0 Å². The molecular formula is C30H25Cl2N3S. The van der Waals surface area contributed by atoms with Crippen molar-refractivity contribution < 1.29 is 0 Å². The summed E-state index contributed by atoms with van der Waals surface area (Å²) in [4.78, 5) is 0.678. The minimum atomic E-state index is 0.543. The van der Waals surface area contributed by atoms with Gasteiger partial charge in [0.2, 0.25) is 0 Å². The summed E-state index contributed by atoms with van der Waals surface area (Å²) in [5.74, 6) is 0. The lowest BCUT2D eigenvalue weighted by Crippen LogP contribution is -2.14. The van der Waals surface area contributed by atoms with E-state index in [1.165, 1.54) is 28.0 Å². The highest BCUT2D eigenvalue weighted by molar-refractivity contribution is 7.81. The fourth-order valence-corrected chi connectivity index (χ4v) is 5.85. The summed E-state index contributed by atoms with van der Waals surface area (Å²) in [6.07, 6.45) is 5.45. The van der Waals surface area contributed by atoms with Crippen LogP contribution < -0.4 is 5.32 Å². The molecule has 0 saturated heterocycles. The van der Waals surface area contributed by atoms with Crippen LogP contribution in [0.1, 0.15) is 29.7 Å². The second-order valence-electron chi connectivity index (χ2n) is 9.33. The van der Waals surface area contributed by atoms with Crippen molar-refractivity contribution in [2.75, 3.05) is 5.32 Å². The van der Waals surface area contributed by atoms with Gasteiger partial charge in [0, 0.05) is 29.6 Å². The largest absolute Gasteiger partial charge is 0.345 e. The van der Waals surface area contributed by atoms with Crippen molar-refractivity contribution in [3.8, 4) is 22.4 Å². The first-order valence-corrected chi connectivity index (χ1v) is 13.3. The lowest BCUT2D eigenvalue weighted by molar-refractivity contribution is 0.647. The Morgan fingerprint density at radius 3 is 2.39 bits per heavy atom. The van der Waals surface area contributed by atoms with Crippen LogP contribution in [0.4, 0.5) is 5.69 Å². The molecule has 0 aliphatic carbocycles. The summed E-state index contributed by atoms with van der Waals surface area (Å²) in [5, 5.41) is 4.57. The van der Waals surface area contributed by atoms with E-state index >= 15 is 0 Å². The third kappa shape index (κ3) is 4.03. The van der Waals surface area contributed by atoms with E-state index in [9.17, 15) is 0 Å². The van der Waals surface area contributed by atoms with Crippen LogP contribution in [0, 0.1) is 6.92 Å². The average Bonchev–Trinajstić information content (AvgIpc) is 3.29. The molecule has 0 radical (unpaired) electrons. The number of aryl methyl sites for hydroxylation is 3. The van der Waals surface area contributed by atoms with Gasteiger partial charge in [-0.25, -0.2) is 0 Å². The first-order valence-electron chi connectivity index (χ1n) is 12.2. The monoisotopic (exact) mass is 529 g/mol. The van der Waals surface area contributed by atoms with Crippen LogP contribution in [0.5, 0.6) is 0 Å². The van der Waals surface area contributed by atoms with Gasteiger partial charge in [0.05, 0.1) is 21.4 Å². The van der Waals surface area contributed by atoms with Gasteiger partial charge in [-0.2, -0.15) is 0 Å². The summed E-state index contributed by atoms with van der Waals surface area (Å²) in [7, 11) is 0. The summed E-state index contributed by atoms with van der Waals surface area (Å²) in [5.41, 5.74) is 10.3. The summed E-state index contributed by atoms with van der Waals surface area (Å²) < 4.78 is 4.74. The molecule has 2 aromatic heterocycles. The minimum absolute atomic E-state index is 0.543. The molecule has 0 bridgehead atoms. The summed E-state index contributed by atoms with van der Waals surface area (Å²) >= 11 is 18.9. The highest BCUT2D eigenvalue weighted by atomic mass is 35.5. The Hall–Kier alpha value is -3.05. The van der Waals surface area contributed by atoms with Gasteiger partial charge in [-0.1, -0.05) is 89.5 Å². The highest BCUT2D eigenvalue weighted by Crippen LogP contribution is 2.41. The molecule has 1 N–H and O–H groups in total. The maximum atomic E-state index is 6.50. The number of benzene rings is 3. The molecule has 0 unspecified atom stereocenters. The van der Waals surface area contributed by atoms with Crippen LogP contribution in [0.25, 0.3) is 28.0 Å². The van der Waals surface area contributed by atoms with Crippen LogP contribution in [0.3, 0.4) is 0 Å². The van der Waals surface area contributed by atoms with E-state index in [0.29, 0.717) is 15.0 Å². The predicted octanol–water partition coefficient (Wildman–Crippen LogP) is 8.81. The molecule has 5 aromatic rings. The first kappa shape index (κ1) is 23.4. The van der Waals surface area contributed by atoms with E-state index in [1.807, 2.05) is 48.5 Å². The Morgan fingerprint density at radius 2 is 1.64 bits per heavy atom. The Morgan fingerprint density at radius 1 is 0.889 bits per heavy atom. The van der Waals surface area contributed by atoms with Gasteiger partial charge in [0.25, 0.3) is 0 Å². The number of aromatic nitrogens is 2. The van der Waals surface area contributed by atoms with E-state index in [1.54, 1.807) is 0 Å². The Labute approximate surface area is 226 Å². The van der Waals surface area contributed by atoms with E-state index in [-0.39, 0.29) is 0 Å². The van der Waals surface area contributed by atoms with Gasteiger partial charge in [-0.3, -0.25) is 4.40 Å². The molecule has 1 aliphatic heterocycles. The van der Waals surface area contributed by atoms with E-state index < -0.39 is 0 Å². The van der Waals surface area contributed by atoms with Crippen LogP contribution in [-0.2, 0) is 13.0 Å². The molecule has 6 rings (SSSR count). The van der Waals surface area contributed by atoms with Crippen molar-refractivity contribution in [3.05, 3.63) is 106 Å². The third-order valence-electron chi connectivity index (χ3n) is 6.94. The number of hydrogen-bond acceptors (Lipinski definition) is 1. The molecule has 3 nitrogen and oxygen atoms in total. The lowest BCUT2D eigenvalue weighted by Gasteiger charge is -2.13. The molecule has 3 aromatic carbocycles. The lowest BCUT2D eigenvalue weighted by atomic mass is 9.98. The SMILES string of the molecule is Cc1ccc(-c2cn3c(C(=S)Nc4ccccc4)c(-c4ccc(Cl)c(Cl)c4)c4c3n2CCCC4)cc1. The quantitative estimate of drug-likeness (QED) is 0.235. The van der Waals surface area contributed by atoms with Crippen molar-refractivity contribution in [1.29, 1.82) is 0 Å². The second kappa shape index (κ2) is 9.44. The van der Waals surface area contributed by atoms with E-state index in [2.05, 4.69) is 51.7 Å². The zero-order valence-corrected chi connectivity index (χ0v) is 22.2. The van der Waals surface area contributed by atoms with E-state index in [4.69, 9.17) is 35.4 Å². The summed E-state index contributed by atoms with van der Waals surface area (Å²) in [6.45, 7) is 3.09. The van der Waals surface area contributed by atoms with Gasteiger partial charge in [-0.05, 0) is 61.6 Å². The molecular weight excluding hydrogens is 505 g/mol. The number of halogens is 2. The number of nitrogens with zero attached hydrogens (tertiary/aromatic N) is 2. The Bertz CT molecular complexity index is 1600. The normalized spacial score (nSPS) is 13.1. The fraction of sp³-hybridized carbons (Fsp3) is 0.167. The van der Waals surface area contributed by atoms with Crippen LogP contribution >= 0.6 is 35.4 Å². The van der Waals surface area contributed by atoms with Gasteiger partial charge in [0.1, 0.15) is 10.6 Å². The second-order valence-corrected chi connectivity index (χ2v) is 10.6. The van der Waals surface area contributed by atoms with Crippen molar-refractivity contribution in [2.45, 2.75) is 32.7 Å². The maximum absolute atomic E-state index is 6.50. The molecule has 36 heavy (non-hydrogen) atoms. The molecule has 180 valence electrons. The third-order valence-corrected chi connectivity index (χ3v) is 7.97. The molecule has 0 atom stereocenters. The number of anilines is 1. The number of imidazole rings is 1. The van der Waals surface area contributed by atoms with Crippen LogP contribution in [0.15, 0.2) is 79.0 Å². The van der Waals surface area contributed by atoms with E-state index in [0.717, 1.165) is 48.3 Å². The average molecular weight is 531 g/mol. The first-order chi connectivity index (χ1) is 17.5. The topological polar surface area (TPSA) is 21.4 Å². The Balaban J connectivity index is 1.63. The predicted molar refractivity (Wildman–Crippen MR) is 156 cm³/mol. The zero-order valence-electron chi connectivity index (χ0n) is 19.9. The van der Waals surface area contributed by atoms with Crippen molar-refractivity contribution in [3.63, 3.8) is 0 Å². The molecule has 1 aliphatic rings. The number of hydrogen-bond donors (Lipinski definition) is 1.